The second kappa shape index (κ2) is 8.88. The van der Waals surface area contributed by atoms with E-state index in [-0.39, 0.29) is 16.3 Å². The number of nitrogens with one attached hydrogen (secondary N) is 1. The standard InChI is InChI=1S/C21H16ClF3N2OS/c1-13-5-7-14(8-6-13)21(24,25)12-27-20(28)17-10-19(22)26-11-18(17)29-16-4-2-3-15(23)9-16/h2-11H,12H2,1H3,(H,27,28). The average Bonchev–Trinajstić information content (AvgIpc) is 2.68. The molecule has 0 saturated heterocycles. The van der Waals surface area contributed by atoms with Crippen LogP contribution >= 0.6 is 23.4 Å². The zero-order valence-electron chi connectivity index (χ0n) is 15.3. The largest absolute Gasteiger partial charge is 0.346 e. The summed E-state index contributed by atoms with van der Waals surface area (Å²) < 4.78 is 42.3. The van der Waals surface area contributed by atoms with Crippen LogP contribution in [0.5, 0.6) is 0 Å². The predicted octanol–water partition coefficient (Wildman–Crippen LogP) is 5.86. The molecule has 0 bridgehead atoms. The number of alkyl halides is 2. The van der Waals surface area contributed by atoms with Crippen LogP contribution in [0.3, 0.4) is 0 Å². The van der Waals surface area contributed by atoms with Gasteiger partial charge in [0.25, 0.3) is 11.8 Å². The van der Waals surface area contributed by atoms with Gasteiger partial charge in [-0.2, -0.15) is 8.78 Å². The molecule has 150 valence electrons. The number of carbonyl (C=O) groups is 1. The van der Waals surface area contributed by atoms with Gasteiger partial charge in [-0.3, -0.25) is 4.79 Å². The first-order valence-electron chi connectivity index (χ1n) is 8.57. The lowest BCUT2D eigenvalue weighted by molar-refractivity contribution is -0.00251. The van der Waals surface area contributed by atoms with Gasteiger partial charge in [-0.15, -0.1) is 0 Å². The van der Waals surface area contributed by atoms with E-state index in [1.807, 2.05) is 0 Å². The van der Waals surface area contributed by atoms with Crippen LogP contribution in [0.4, 0.5) is 13.2 Å². The number of hydrogen-bond donors (Lipinski definition) is 1. The van der Waals surface area contributed by atoms with Crippen molar-refractivity contribution in [1.29, 1.82) is 0 Å². The summed E-state index contributed by atoms with van der Waals surface area (Å²) in [6.07, 6.45) is 1.35. The smallest absolute Gasteiger partial charge is 0.290 e. The zero-order chi connectivity index (χ0) is 21.0. The van der Waals surface area contributed by atoms with Crippen molar-refractivity contribution in [3.63, 3.8) is 0 Å². The van der Waals surface area contributed by atoms with Crippen molar-refractivity contribution in [2.75, 3.05) is 6.54 Å². The monoisotopic (exact) mass is 436 g/mol. The van der Waals surface area contributed by atoms with Crippen molar-refractivity contribution in [3.8, 4) is 0 Å². The van der Waals surface area contributed by atoms with Crippen molar-refractivity contribution in [2.24, 2.45) is 0 Å². The Bertz CT molecular complexity index is 1030. The molecule has 0 unspecified atom stereocenters. The summed E-state index contributed by atoms with van der Waals surface area (Å²) in [6, 6.07) is 12.9. The van der Waals surface area contributed by atoms with Crippen LogP contribution in [0.25, 0.3) is 0 Å². The fraction of sp³-hybridized carbons (Fsp3) is 0.143. The number of aryl methyl sites for hydroxylation is 1. The molecule has 1 amide bonds. The van der Waals surface area contributed by atoms with Crippen LogP contribution in [0.1, 0.15) is 21.5 Å². The normalized spacial score (nSPS) is 11.3. The molecule has 0 fully saturated rings. The third-order valence-corrected chi connectivity index (χ3v) is 5.29. The number of rotatable bonds is 6. The van der Waals surface area contributed by atoms with Crippen LogP contribution in [0, 0.1) is 12.7 Å². The second-order valence-electron chi connectivity index (χ2n) is 6.32. The third kappa shape index (κ3) is 5.52. The molecule has 0 atom stereocenters. The molecule has 3 aromatic rings. The van der Waals surface area contributed by atoms with Crippen LogP contribution in [0.2, 0.25) is 5.15 Å². The van der Waals surface area contributed by atoms with E-state index in [0.717, 1.165) is 17.3 Å². The molecule has 0 aliphatic carbocycles. The van der Waals surface area contributed by atoms with Gasteiger partial charge in [-0.1, -0.05) is 59.3 Å². The highest BCUT2D eigenvalue weighted by Gasteiger charge is 2.32. The van der Waals surface area contributed by atoms with E-state index in [4.69, 9.17) is 11.6 Å². The van der Waals surface area contributed by atoms with Crippen LogP contribution in [-0.4, -0.2) is 17.4 Å². The van der Waals surface area contributed by atoms with Crippen LogP contribution in [-0.2, 0) is 5.92 Å². The van der Waals surface area contributed by atoms with E-state index in [2.05, 4.69) is 10.3 Å². The number of amides is 1. The molecule has 1 aromatic heterocycles. The molecule has 0 saturated carbocycles. The highest BCUT2D eigenvalue weighted by Crippen LogP contribution is 2.32. The number of halogens is 4. The summed E-state index contributed by atoms with van der Waals surface area (Å²) in [5.74, 6) is -4.39. The molecular weight excluding hydrogens is 421 g/mol. The van der Waals surface area contributed by atoms with Crippen molar-refractivity contribution in [1.82, 2.24) is 10.3 Å². The Morgan fingerprint density at radius 3 is 2.59 bits per heavy atom. The Balaban J connectivity index is 1.78. The Morgan fingerprint density at radius 1 is 1.17 bits per heavy atom. The molecule has 0 aliphatic rings. The Labute approximate surface area is 175 Å². The van der Waals surface area contributed by atoms with E-state index in [1.165, 1.54) is 42.6 Å². The van der Waals surface area contributed by atoms with Crippen LogP contribution in [0.15, 0.2) is 70.6 Å². The minimum atomic E-state index is -3.24. The molecule has 0 spiro atoms. The lowest BCUT2D eigenvalue weighted by Gasteiger charge is -2.18. The molecule has 1 N–H and O–H groups in total. The number of carbonyl (C=O) groups excluding carboxylic acids is 1. The van der Waals surface area contributed by atoms with Gasteiger partial charge in [0.05, 0.1) is 12.1 Å². The minimum Gasteiger partial charge on any atom is -0.346 e. The zero-order valence-corrected chi connectivity index (χ0v) is 16.8. The third-order valence-electron chi connectivity index (χ3n) is 4.05. The summed E-state index contributed by atoms with van der Waals surface area (Å²) in [4.78, 5) is 17.4. The van der Waals surface area contributed by atoms with Gasteiger partial charge in [0.2, 0.25) is 0 Å². The van der Waals surface area contributed by atoms with Gasteiger partial charge in [0, 0.05) is 21.6 Å². The Morgan fingerprint density at radius 2 is 1.90 bits per heavy atom. The lowest BCUT2D eigenvalue weighted by Crippen LogP contribution is -2.35. The van der Waals surface area contributed by atoms with E-state index < -0.39 is 24.2 Å². The van der Waals surface area contributed by atoms with Gasteiger partial charge in [0.15, 0.2) is 0 Å². The number of aromatic nitrogens is 1. The van der Waals surface area contributed by atoms with E-state index in [0.29, 0.717) is 9.79 Å². The molecular formula is C21H16ClF3N2OS. The molecule has 8 heteroatoms. The number of pyridine rings is 1. The first-order valence-corrected chi connectivity index (χ1v) is 9.76. The summed E-state index contributed by atoms with van der Waals surface area (Å²) in [7, 11) is 0. The molecule has 3 nitrogen and oxygen atoms in total. The fourth-order valence-electron chi connectivity index (χ4n) is 2.52. The van der Waals surface area contributed by atoms with Gasteiger partial charge in [0.1, 0.15) is 11.0 Å². The number of nitrogens with zero attached hydrogens (tertiary/aromatic N) is 1. The number of hydrogen-bond acceptors (Lipinski definition) is 3. The minimum absolute atomic E-state index is 0.0454. The molecule has 0 aliphatic heterocycles. The fourth-order valence-corrected chi connectivity index (χ4v) is 3.62. The van der Waals surface area contributed by atoms with Gasteiger partial charge < -0.3 is 5.32 Å². The maximum Gasteiger partial charge on any atom is 0.290 e. The van der Waals surface area contributed by atoms with Crippen molar-refractivity contribution in [3.05, 3.63) is 88.5 Å². The summed E-state index contributed by atoms with van der Waals surface area (Å²) in [6.45, 7) is 0.924. The molecule has 29 heavy (non-hydrogen) atoms. The summed E-state index contributed by atoms with van der Waals surface area (Å²) in [5.41, 5.74) is 0.753. The Hall–Kier alpha value is -2.51. The van der Waals surface area contributed by atoms with Gasteiger partial charge in [-0.25, -0.2) is 9.37 Å². The molecule has 1 heterocycles. The average molecular weight is 437 g/mol. The van der Waals surface area contributed by atoms with Crippen molar-refractivity contribution >= 4 is 29.3 Å². The molecule has 0 radical (unpaired) electrons. The van der Waals surface area contributed by atoms with E-state index in [1.54, 1.807) is 25.1 Å². The van der Waals surface area contributed by atoms with Gasteiger partial charge in [-0.05, 0) is 31.2 Å². The van der Waals surface area contributed by atoms with E-state index >= 15 is 0 Å². The second-order valence-corrected chi connectivity index (χ2v) is 7.82. The van der Waals surface area contributed by atoms with Crippen molar-refractivity contribution < 1.29 is 18.0 Å². The highest BCUT2D eigenvalue weighted by atomic mass is 35.5. The summed E-state index contributed by atoms with van der Waals surface area (Å²) in [5, 5.41) is 2.30. The van der Waals surface area contributed by atoms with E-state index in [9.17, 15) is 18.0 Å². The molecule has 2 aromatic carbocycles. The lowest BCUT2D eigenvalue weighted by atomic mass is 10.1. The summed E-state index contributed by atoms with van der Waals surface area (Å²) >= 11 is 6.97. The van der Waals surface area contributed by atoms with Crippen LogP contribution < -0.4 is 5.32 Å². The topological polar surface area (TPSA) is 42.0 Å². The highest BCUT2D eigenvalue weighted by molar-refractivity contribution is 7.99. The van der Waals surface area contributed by atoms with Crippen molar-refractivity contribution in [2.45, 2.75) is 22.6 Å². The number of benzene rings is 2. The van der Waals surface area contributed by atoms with Gasteiger partial charge >= 0.3 is 0 Å². The predicted molar refractivity (Wildman–Crippen MR) is 107 cm³/mol. The Kier molecular flexibility index (Phi) is 6.49. The maximum atomic E-state index is 14.4. The SMILES string of the molecule is Cc1ccc(C(F)(F)CNC(=O)c2cc(Cl)ncc2Sc2cccc(F)c2)cc1. The first kappa shape index (κ1) is 21.2. The first-order chi connectivity index (χ1) is 13.7. The molecule has 3 rings (SSSR count). The maximum absolute atomic E-state index is 14.4. The quantitative estimate of drug-likeness (QED) is 0.492.